The Morgan fingerprint density at radius 2 is 1.89 bits per heavy atom. The first-order valence-corrected chi connectivity index (χ1v) is 9.78. The molecule has 1 N–H and O–H groups in total. The summed E-state index contributed by atoms with van der Waals surface area (Å²) in [6, 6.07) is 8.03. The fourth-order valence-electron chi connectivity index (χ4n) is 2.20. The molecule has 10 heteroatoms. The molecular formula is C17H16ClF2NO5S. The minimum atomic E-state index is -3.50. The number of carbonyl (C=O) groups is 1. The van der Waals surface area contributed by atoms with E-state index in [9.17, 15) is 22.0 Å². The molecule has 2 rings (SSSR count). The topological polar surface area (TPSA) is 81.7 Å². The molecule has 0 saturated carbocycles. The van der Waals surface area contributed by atoms with Gasteiger partial charge in [-0.3, -0.25) is 4.79 Å². The highest BCUT2D eigenvalue weighted by atomic mass is 35.5. The second kappa shape index (κ2) is 8.53. The van der Waals surface area contributed by atoms with Crippen molar-refractivity contribution >= 4 is 27.3 Å². The molecule has 2 aromatic rings. The molecule has 0 aliphatic carbocycles. The maximum Gasteiger partial charge on any atom is 0.387 e. The Morgan fingerprint density at radius 1 is 1.19 bits per heavy atom. The molecule has 0 heterocycles. The average Bonchev–Trinajstić information content (AvgIpc) is 2.59. The van der Waals surface area contributed by atoms with E-state index in [1.165, 1.54) is 43.5 Å². The molecule has 2 aromatic carbocycles. The predicted molar refractivity (Wildman–Crippen MR) is 95.4 cm³/mol. The molecule has 146 valence electrons. The van der Waals surface area contributed by atoms with Crippen LogP contribution >= 0.6 is 11.6 Å². The van der Waals surface area contributed by atoms with Gasteiger partial charge < -0.3 is 14.8 Å². The maximum atomic E-state index is 12.3. The normalized spacial score (nSPS) is 11.3. The lowest BCUT2D eigenvalue weighted by molar-refractivity contribution is -0.0512. The molecule has 0 spiro atoms. The van der Waals surface area contributed by atoms with Crippen molar-refractivity contribution in [3.8, 4) is 11.5 Å². The van der Waals surface area contributed by atoms with E-state index in [-0.39, 0.29) is 33.5 Å². The van der Waals surface area contributed by atoms with Crippen LogP contribution in [0.3, 0.4) is 0 Å². The Balaban J connectivity index is 2.16. The number of rotatable bonds is 7. The first kappa shape index (κ1) is 20.9. The number of sulfone groups is 1. The third-order valence-electron chi connectivity index (χ3n) is 3.51. The summed E-state index contributed by atoms with van der Waals surface area (Å²) in [5.41, 5.74) is 0.557. The summed E-state index contributed by atoms with van der Waals surface area (Å²) in [7, 11) is -2.20. The SMILES string of the molecule is COc1cc(CNC(=O)c2cc(S(C)(=O)=O)ccc2Cl)ccc1OC(F)F. The van der Waals surface area contributed by atoms with Gasteiger partial charge in [-0.2, -0.15) is 8.78 Å². The van der Waals surface area contributed by atoms with Gasteiger partial charge in [-0.15, -0.1) is 0 Å². The number of ether oxygens (including phenoxy) is 2. The molecule has 0 radical (unpaired) electrons. The van der Waals surface area contributed by atoms with Crippen LogP contribution in [0.4, 0.5) is 8.78 Å². The zero-order valence-corrected chi connectivity index (χ0v) is 15.9. The van der Waals surface area contributed by atoms with E-state index in [2.05, 4.69) is 10.1 Å². The third-order valence-corrected chi connectivity index (χ3v) is 4.95. The summed E-state index contributed by atoms with van der Waals surface area (Å²) in [4.78, 5) is 12.3. The number of methoxy groups -OCH3 is 1. The van der Waals surface area contributed by atoms with Gasteiger partial charge in [0.2, 0.25) is 0 Å². The molecule has 0 unspecified atom stereocenters. The van der Waals surface area contributed by atoms with Gasteiger partial charge in [0.05, 0.1) is 22.6 Å². The summed E-state index contributed by atoms with van der Waals surface area (Å²) < 4.78 is 57.3. The van der Waals surface area contributed by atoms with E-state index in [1.807, 2.05) is 0 Å². The molecular weight excluding hydrogens is 404 g/mol. The largest absolute Gasteiger partial charge is 0.493 e. The monoisotopic (exact) mass is 419 g/mol. The van der Waals surface area contributed by atoms with Gasteiger partial charge in [0, 0.05) is 12.8 Å². The number of halogens is 3. The summed E-state index contributed by atoms with van der Waals surface area (Å²) in [6.07, 6.45) is 1.02. The molecule has 0 aliphatic rings. The van der Waals surface area contributed by atoms with Crippen molar-refractivity contribution in [1.82, 2.24) is 5.32 Å². The van der Waals surface area contributed by atoms with Gasteiger partial charge in [-0.1, -0.05) is 17.7 Å². The van der Waals surface area contributed by atoms with Crippen molar-refractivity contribution in [3.05, 3.63) is 52.5 Å². The van der Waals surface area contributed by atoms with Crippen molar-refractivity contribution in [2.24, 2.45) is 0 Å². The quantitative estimate of drug-likeness (QED) is 0.744. The molecule has 0 fully saturated rings. The van der Waals surface area contributed by atoms with Crippen LogP contribution in [-0.2, 0) is 16.4 Å². The van der Waals surface area contributed by atoms with Crippen molar-refractivity contribution in [3.63, 3.8) is 0 Å². The van der Waals surface area contributed by atoms with Crippen molar-refractivity contribution in [2.45, 2.75) is 18.1 Å². The summed E-state index contributed by atoms with van der Waals surface area (Å²) >= 11 is 5.98. The Morgan fingerprint density at radius 3 is 2.48 bits per heavy atom. The Hall–Kier alpha value is -2.39. The van der Waals surface area contributed by atoms with Crippen LogP contribution in [0.2, 0.25) is 5.02 Å². The molecule has 6 nitrogen and oxygen atoms in total. The fraction of sp³-hybridized carbons (Fsp3) is 0.235. The standard InChI is InChI=1S/C17H16ClF2NO5S/c1-25-15-7-10(3-6-14(15)26-17(19)20)9-21-16(22)12-8-11(27(2,23)24)4-5-13(12)18/h3-8,17H,9H2,1-2H3,(H,21,22). The van der Waals surface area contributed by atoms with Crippen LogP contribution in [0, 0.1) is 0 Å². The number of carbonyl (C=O) groups excluding carboxylic acids is 1. The fourth-order valence-corrected chi connectivity index (χ4v) is 3.05. The van der Waals surface area contributed by atoms with Crippen LogP contribution in [0.25, 0.3) is 0 Å². The summed E-state index contributed by atoms with van der Waals surface area (Å²) in [6.45, 7) is -2.96. The first-order chi connectivity index (χ1) is 12.6. The van der Waals surface area contributed by atoms with E-state index >= 15 is 0 Å². The maximum absolute atomic E-state index is 12.3. The molecule has 0 atom stereocenters. The minimum absolute atomic E-state index is 0.00390. The number of amides is 1. The van der Waals surface area contributed by atoms with Crippen LogP contribution in [0.5, 0.6) is 11.5 Å². The smallest absolute Gasteiger partial charge is 0.387 e. The Bertz CT molecular complexity index is 950. The van der Waals surface area contributed by atoms with E-state index in [1.54, 1.807) is 0 Å². The Labute approximate surface area is 160 Å². The second-order valence-electron chi connectivity index (χ2n) is 5.46. The molecule has 0 bridgehead atoms. The van der Waals surface area contributed by atoms with E-state index < -0.39 is 22.4 Å². The number of nitrogens with one attached hydrogen (secondary N) is 1. The lowest BCUT2D eigenvalue weighted by atomic mass is 10.1. The minimum Gasteiger partial charge on any atom is -0.493 e. The van der Waals surface area contributed by atoms with Crippen molar-refractivity contribution in [1.29, 1.82) is 0 Å². The van der Waals surface area contributed by atoms with Crippen LogP contribution in [0.1, 0.15) is 15.9 Å². The van der Waals surface area contributed by atoms with E-state index in [0.717, 1.165) is 6.26 Å². The Kier molecular flexibility index (Phi) is 6.61. The first-order valence-electron chi connectivity index (χ1n) is 7.51. The number of hydrogen-bond donors (Lipinski definition) is 1. The van der Waals surface area contributed by atoms with Gasteiger partial charge in [-0.05, 0) is 35.9 Å². The van der Waals surface area contributed by atoms with Crippen LogP contribution in [-0.4, -0.2) is 34.3 Å². The van der Waals surface area contributed by atoms with Gasteiger partial charge >= 0.3 is 6.61 Å². The highest BCUT2D eigenvalue weighted by molar-refractivity contribution is 7.90. The molecule has 27 heavy (non-hydrogen) atoms. The second-order valence-corrected chi connectivity index (χ2v) is 7.88. The molecule has 0 aromatic heterocycles. The summed E-state index contributed by atoms with van der Waals surface area (Å²) in [5.74, 6) is -0.636. The average molecular weight is 420 g/mol. The van der Waals surface area contributed by atoms with Crippen molar-refractivity contribution < 1.29 is 31.5 Å². The van der Waals surface area contributed by atoms with Crippen LogP contribution < -0.4 is 14.8 Å². The van der Waals surface area contributed by atoms with E-state index in [0.29, 0.717) is 5.56 Å². The lowest BCUT2D eigenvalue weighted by Crippen LogP contribution is -2.23. The van der Waals surface area contributed by atoms with Gasteiger partial charge in [0.25, 0.3) is 5.91 Å². The van der Waals surface area contributed by atoms with Gasteiger partial charge in [-0.25, -0.2) is 8.42 Å². The van der Waals surface area contributed by atoms with Gasteiger partial charge in [0.1, 0.15) is 0 Å². The molecule has 0 saturated heterocycles. The number of hydrogen-bond acceptors (Lipinski definition) is 5. The zero-order valence-electron chi connectivity index (χ0n) is 14.3. The van der Waals surface area contributed by atoms with Gasteiger partial charge in [0.15, 0.2) is 21.3 Å². The number of alkyl halides is 2. The number of benzene rings is 2. The molecule has 1 amide bonds. The van der Waals surface area contributed by atoms with Crippen molar-refractivity contribution in [2.75, 3.05) is 13.4 Å². The van der Waals surface area contributed by atoms with E-state index in [4.69, 9.17) is 16.3 Å². The van der Waals surface area contributed by atoms with Crippen LogP contribution in [0.15, 0.2) is 41.3 Å². The highest BCUT2D eigenvalue weighted by Gasteiger charge is 2.16. The zero-order chi connectivity index (χ0) is 20.2. The molecule has 0 aliphatic heterocycles. The summed E-state index contributed by atoms with van der Waals surface area (Å²) in [5, 5.41) is 2.68. The third kappa shape index (κ3) is 5.54. The predicted octanol–water partition coefficient (Wildman–Crippen LogP) is 3.28. The lowest BCUT2D eigenvalue weighted by Gasteiger charge is -2.12. The highest BCUT2D eigenvalue weighted by Crippen LogP contribution is 2.29.